The molecule has 1 saturated heterocycles. The van der Waals surface area contributed by atoms with E-state index in [4.69, 9.17) is 18.9 Å². The first-order chi connectivity index (χ1) is 14.5. The number of para-hydroxylation sites is 1. The second kappa shape index (κ2) is 9.98. The van der Waals surface area contributed by atoms with Crippen molar-refractivity contribution in [3.63, 3.8) is 0 Å². The molecule has 1 aliphatic heterocycles. The van der Waals surface area contributed by atoms with E-state index in [-0.39, 0.29) is 11.3 Å². The van der Waals surface area contributed by atoms with Crippen LogP contribution in [0.4, 0.5) is 11.4 Å². The van der Waals surface area contributed by atoms with Crippen LogP contribution < -0.4 is 19.7 Å². The van der Waals surface area contributed by atoms with Gasteiger partial charge in [-0.05, 0) is 43.3 Å². The van der Waals surface area contributed by atoms with E-state index < -0.39 is 18.0 Å². The zero-order chi connectivity index (χ0) is 21.5. The average molecular weight is 414 g/mol. The van der Waals surface area contributed by atoms with Gasteiger partial charge in [-0.1, -0.05) is 6.07 Å². The molecule has 0 spiro atoms. The van der Waals surface area contributed by atoms with Crippen molar-refractivity contribution in [1.29, 1.82) is 0 Å². The fourth-order valence-corrected chi connectivity index (χ4v) is 3.15. The fourth-order valence-electron chi connectivity index (χ4n) is 3.15. The Morgan fingerprint density at radius 3 is 2.37 bits per heavy atom. The SMILES string of the molecule is COc1cccc(C(=O)OC(C)C(=O)Nc2ccc(N3CCOCC3)cc2)c1OC. The van der Waals surface area contributed by atoms with E-state index in [0.717, 1.165) is 18.8 Å². The molecule has 0 saturated carbocycles. The lowest BCUT2D eigenvalue weighted by atomic mass is 10.2. The van der Waals surface area contributed by atoms with Gasteiger partial charge in [-0.15, -0.1) is 0 Å². The first-order valence-corrected chi connectivity index (χ1v) is 9.69. The van der Waals surface area contributed by atoms with Crippen LogP contribution in [0.15, 0.2) is 42.5 Å². The molecule has 1 unspecified atom stereocenters. The quantitative estimate of drug-likeness (QED) is 0.697. The fraction of sp³-hybridized carbons (Fsp3) is 0.364. The molecular formula is C22H26N2O6. The lowest BCUT2D eigenvalue weighted by Gasteiger charge is -2.28. The summed E-state index contributed by atoms with van der Waals surface area (Å²) in [6.45, 7) is 4.61. The third-order valence-corrected chi connectivity index (χ3v) is 4.79. The zero-order valence-corrected chi connectivity index (χ0v) is 17.3. The van der Waals surface area contributed by atoms with E-state index in [0.29, 0.717) is 24.7 Å². The van der Waals surface area contributed by atoms with Crippen LogP contribution in [0.3, 0.4) is 0 Å². The van der Waals surface area contributed by atoms with Crippen LogP contribution in [0.5, 0.6) is 11.5 Å². The highest BCUT2D eigenvalue weighted by Crippen LogP contribution is 2.31. The Balaban J connectivity index is 1.60. The number of nitrogens with zero attached hydrogens (tertiary/aromatic N) is 1. The molecule has 160 valence electrons. The van der Waals surface area contributed by atoms with Gasteiger partial charge in [0.2, 0.25) is 0 Å². The number of carbonyl (C=O) groups excluding carboxylic acids is 2. The van der Waals surface area contributed by atoms with Gasteiger partial charge < -0.3 is 29.2 Å². The molecular weight excluding hydrogens is 388 g/mol. The summed E-state index contributed by atoms with van der Waals surface area (Å²) in [5.41, 5.74) is 1.88. The van der Waals surface area contributed by atoms with Crippen molar-refractivity contribution in [2.24, 2.45) is 0 Å². The van der Waals surface area contributed by atoms with Crippen LogP contribution in [0.25, 0.3) is 0 Å². The monoisotopic (exact) mass is 414 g/mol. The van der Waals surface area contributed by atoms with Gasteiger partial charge >= 0.3 is 5.97 Å². The smallest absolute Gasteiger partial charge is 0.342 e. The highest BCUT2D eigenvalue weighted by atomic mass is 16.6. The van der Waals surface area contributed by atoms with Gasteiger partial charge in [0.05, 0.1) is 27.4 Å². The number of benzene rings is 2. The lowest BCUT2D eigenvalue weighted by molar-refractivity contribution is -0.123. The number of nitrogens with one attached hydrogen (secondary N) is 1. The van der Waals surface area contributed by atoms with Crippen molar-refractivity contribution in [2.45, 2.75) is 13.0 Å². The summed E-state index contributed by atoms with van der Waals surface area (Å²) >= 11 is 0. The molecule has 2 aromatic rings. The highest BCUT2D eigenvalue weighted by Gasteiger charge is 2.23. The number of methoxy groups -OCH3 is 2. The number of morpholine rings is 1. The maximum absolute atomic E-state index is 12.5. The minimum atomic E-state index is -0.993. The van der Waals surface area contributed by atoms with Gasteiger partial charge in [0, 0.05) is 24.5 Å². The molecule has 0 aliphatic carbocycles. The van der Waals surface area contributed by atoms with Crippen molar-refractivity contribution in [3.8, 4) is 11.5 Å². The van der Waals surface area contributed by atoms with E-state index in [9.17, 15) is 9.59 Å². The van der Waals surface area contributed by atoms with Gasteiger partial charge in [-0.25, -0.2) is 4.79 Å². The average Bonchev–Trinajstić information content (AvgIpc) is 2.79. The van der Waals surface area contributed by atoms with E-state index in [1.165, 1.54) is 21.1 Å². The topological polar surface area (TPSA) is 86.3 Å². The zero-order valence-electron chi connectivity index (χ0n) is 17.3. The Labute approximate surface area is 175 Å². The van der Waals surface area contributed by atoms with Crippen LogP contribution in [-0.4, -0.2) is 58.5 Å². The minimum Gasteiger partial charge on any atom is -0.493 e. The number of esters is 1. The van der Waals surface area contributed by atoms with Gasteiger partial charge in [0.1, 0.15) is 5.56 Å². The standard InChI is InChI=1S/C22H26N2O6/c1-15(30-22(26)18-5-4-6-19(27-2)20(18)28-3)21(25)23-16-7-9-17(10-8-16)24-11-13-29-14-12-24/h4-10,15H,11-14H2,1-3H3,(H,23,25). The summed E-state index contributed by atoms with van der Waals surface area (Å²) in [6.07, 6.45) is -0.993. The van der Waals surface area contributed by atoms with Crippen molar-refractivity contribution >= 4 is 23.3 Å². The highest BCUT2D eigenvalue weighted by molar-refractivity contribution is 5.98. The largest absolute Gasteiger partial charge is 0.493 e. The Morgan fingerprint density at radius 2 is 1.73 bits per heavy atom. The summed E-state index contributed by atoms with van der Waals surface area (Å²) in [4.78, 5) is 27.2. The number of anilines is 2. The van der Waals surface area contributed by atoms with Crippen molar-refractivity contribution in [1.82, 2.24) is 0 Å². The molecule has 30 heavy (non-hydrogen) atoms. The minimum absolute atomic E-state index is 0.186. The Hall–Kier alpha value is -3.26. The van der Waals surface area contributed by atoms with Crippen molar-refractivity contribution < 1.29 is 28.5 Å². The number of ether oxygens (including phenoxy) is 4. The predicted octanol–water partition coefficient (Wildman–Crippen LogP) is 2.72. The normalized spacial score (nSPS) is 14.6. The van der Waals surface area contributed by atoms with E-state index in [1.54, 1.807) is 18.2 Å². The molecule has 1 atom stereocenters. The number of hydrogen-bond donors (Lipinski definition) is 1. The third kappa shape index (κ3) is 5.01. The molecule has 1 amide bonds. The summed E-state index contributed by atoms with van der Waals surface area (Å²) in [7, 11) is 2.92. The first-order valence-electron chi connectivity index (χ1n) is 9.69. The summed E-state index contributed by atoms with van der Waals surface area (Å²) in [6, 6.07) is 12.4. The van der Waals surface area contributed by atoms with Crippen molar-refractivity contribution in [3.05, 3.63) is 48.0 Å². The molecule has 2 aromatic carbocycles. The maximum atomic E-state index is 12.5. The first kappa shape index (κ1) is 21.4. The molecule has 8 nitrogen and oxygen atoms in total. The Bertz CT molecular complexity index is 878. The number of carbonyl (C=O) groups is 2. The number of rotatable bonds is 7. The van der Waals surface area contributed by atoms with Crippen LogP contribution in [0.1, 0.15) is 17.3 Å². The number of hydrogen-bond acceptors (Lipinski definition) is 7. The predicted molar refractivity (Wildman–Crippen MR) is 113 cm³/mol. The molecule has 3 rings (SSSR count). The maximum Gasteiger partial charge on any atom is 0.342 e. The summed E-state index contributed by atoms with van der Waals surface area (Å²) < 4.78 is 21.1. The number of amides is 1. The molecule has 1 fully saturated rings. The van der Waals surface area contributed by atoms with Gasteiger partial charge in [-0.3, -0.25) is 4.79 Å². The lowest BCUT2D eigenvalue weighted by Crippen LogP contribution is -2.36. The molecule has 8 heteroatoms. The van der Waals surface area contributed by atoms with Crippen LogP contribution >= 0.6 is 0 Å². The molecule has 1 heterocycles. The second-order valence-electron chi connectivity index (χ2n) is 6.72. The van der Waals surface area contributed by atoms with E-state index in [1.807, 2.05) is 24.3 Å². The van der Waals surface area contributed by atoms with E-state index in [2.05, 4.69) is 10.2 Å². The molecule has 0 radical (unpaired) electrons. The molecule has 0 bridgehead atoms. The Kier molecular flexibility index (Phi) is 7.13. The Morgan fingerprint density at radius 1 is 1.03 bits per heavy atom. The second-order valence-corrected chi connectivity index (χ2v) is 6.72. The summed E-state index contributed by atoms with van der Waals surface area (Å²) in [5.74, 6) is -0.430. The van der Waals surface area contributed by atoms with E-state index >= 15 is 0 Å². The van der Waals surface area contributed by atoms with Crippen LogP contribution in [0, 0.1) is 0 Å². The molecule has 1 aliphatic rings. The van der Waals surface area contributed by atoms with Gasteiger partial charge in [-0.2, -0.15) is 0 Å². The molecule has 0 aromatic heterocycles. The third-order valence-electron chi connectivity index (χ3n) is 4.79. The van der Waals surface area contributed by atoms with Gasteiger partial charge in [0.25, 0.3) is 5.91 Å². The van der Waals surface area contributed by atoms with Gasteiger partial charge in [0.15, 0.2) is 17.6 Å². The summed E-state index contributed by atoms with van der Waals surface area (Å²) in [5, 5.41) is 2.76. The molecule has 1 N–H and O–H groups in total. The van der Waals surface area contributed by atoms with Crippen molar-refractivity contribution in [2.75, 3.05) is 50.7 Å². The van der Waals surface area contributed by atoms with Crippen LogP contribution in [-0.2, 0) is 14.3 Å². The van der Waals surface area contributed by atoms with Crippen LogP contribution in [0.2, 0.25) is 0 Å².